The van der Waals surface area contributed by atoms with Crippen LogP contribution in [0.1, 0.15) is 13.8 Å². The third-order valence-corrected chi connectivity index (χ3v) is 2.57. The van der Waals surface area contributed by atoms with Crippen LogP contribution >= 0.6 is 0 Å². The van der Waals surface area contributed by atoms with Gasteiger partial charge in [0.1, 0.15) is 0 Å². The third-order valence-electron chi connectivity index (χ3n) is 2.57. The summed E-state index contributed by atoms with van der Waals surface area (Å²) in [5.74, 6) is 0.0254. The van der Waals surface area contributed by atoms with Crippen LogP contribution < -0.4 is 5.73 Å². The van der Waals surface area contributed by atoms with Gasteiger partial charge >= 0.3 is 0 Å². The maximum absolute atomic E-state index is 11.4. The molecule has 1 saturated heterocycles. The summed E-state index contributed by atoms with van der Waals surface area (Å²) < 4.78 is 0. The Bertz CT molecular complexity index is 242. The number of carbonyl (C=O) groups excluding carboxylic acids is 2. The van der Waals surface area contributed by atoms with Gasteiger partial charge in [-0.2, -0.15) is 0 Å². The molecule has 1 atom stereocenters. The summed E-state index contributed by atoms with van der Waals surface area (Å²) in [5, 5.41) is 0. The minimum absolute atomic E-state index is 0.0410. The van der Waals surface area contributed by atoms with Crippen molar-refractivity contribution in [2.75, 3.05) is 26.2 Å². The number of hydrogen-bond donors (Lipinski definition) is 1. The molecule has 1 aliphatic heterocycles. The van der Waals surface area contributed by atoms with E-state index in [2.05, 4.69) is 0 Å². The molecule has 1 heterocycles. The van der Waals surface area contributed by atoms with Gasteiger partial charge in [-0.15, -0.1) is 0 Å². The van der Waals surface area contributed by atoms with Crippen molar-refractivity contribution in [3.63, 3.8) is 0 Å². The van der Waals surface area contributed by atoms with Gasteiger partial charge in [0.05, 0.1) is 6.54 Å². The largest absolute Gasteiger partial charge is 0.339 e. The van der Waals surface area contributed by atoms with Gasteiger partial charge in [-0.05, 0) is 6.92 Å². The summed E-state index contributed by atoms with van der Waals surface area (Å²) in [6.45, 7) is 5.35. The van der Waals surface area contributed by atoms with E-state index in [0.29, 0.717) is 19.6 Å². The SMILES string of the molecule is CC(=O)N1CCN(C(=O)CN)[C@H](C)C1. The van der Waals surface area contributed by atoms with Crippen LogP contribution in [0, 0.1) is 0 Å². The highest BCUT2D eigenvalue weighted by Crippen LogP contribution is 2.09. The van der Waals surface area contributed by atoms with Gasteiger partial charge in [-0.25, -0.2) is 0 Å². The first-order valence-electron chi connectivity index (χ1n) is 4.81. The van der Waals surface area contributed by atoms with Crippen molar-refractivity contribution >= 4 is 11.8 Å². The van der Waals surface area contributed by atoms with Crippen LogP contribution in [0.25, 0.3) is 0 Å². The topological polar surface area (TPSA) is 66.6 Å². The standard InChI is InChI=1S/C9H17N3O2/c1-7-6-11(8(2)13)3-4-12(7)9(14)5-10/h7H,3-6,10H2,1-2H3/t7-/m1/s1. The lowest BCUT2D eigenvalue weighted by Crippen LogP contribution is -2.56. The third kappa shape index (κ3) is 2.23. The summed E-state index contributed by atoms with van der Waals surface area (Å²) in [6.07, 6.45) is 0. The number of hydrogen-bond acceptors (Lipinski definition) is 3. The van der Waals surface area contributed by atoms with Crippen molar-refractivity contribution in [1.29, 1.82) is 0 Å². The first-order chi connectivity index (χ1) is 6.56. The molecule has 1 aliphatic rings. The molecule has 0 bridgehead atoms. The molecular formula is C9H17N3O2. The summed E-state index contributed by atoms with van der Waals surface area (Å²) in [5.41, 5.74) is 5.29. The minimum Gasteiger partial charge on any atom is -0.339 e. The molecule has 80 valence electrons. The summed E-state index contributed by atoms with van der Waals surface area (Å²) in [7, 11) is 0. The van der Waals surface area contributed by atoms with E-state index < -0.39 is 0 Å². The first kappa shape index (κ1) is 11.0. The summed E-state index contributed by atoms with van der Waals surface area (Å²) in [4.78, 5) is 25.9. The molecule has 14 heavy (non-hydrogen) atoms. The van der Waals surface area contributed by atoms with Gasteiger partial charge in [0, 0.05) is 32.6 Å². The van der Waals surface area contributed by atoms with E-state index in [0.717, 1.165) is 0 Å². The van der Waals surface area contributed by atoms with Gasteiger partial charge in [0.15, 0.2) is 0 Å². The smallest absolute Gasteiger partial charge is 0.236 e. The predicted molar refractivity (Wildman–Crippen MR) is 52.5 cm³/mol. The Balaban J connectivity index is 2.56. The van der Waals surface area contributed by atoms with E-state index in [-0.39, 0.29) is 24.4 Å². The quantitative estimate of drug-likeness (QED) is 0.590. The van der Waals surface area contributed by atoms with Gasteiger partial charge in [-0.1, -0.05) is 0 Å². The molecule has 1 fully saturated rings. The fraction of sp³-hybridized carbons (Fsp3) is 0.778. The zero-order valence-corrected chi connectivity index (χ0v) is 8.69. The van der Waals surface area contributed by atoms with Gasteiger partial charge in [0.2, 0.25) is 11.8 Å². The second-order valence-electron chi connectivity index (χ2n) is 3.61. The number of carbonyl (C=O) groups is 2. The van der Waals surface area contributed by atoms with Crippen LogP contribution in [0.2, 0.25) is 0 Å². The molecule has 0 aromatic heterocycles. The van der Waals surface area contributed by atoms with Crippen molar-refractivity contribution in [2.24, 2.45) is 5.73 Å². The molecule has 5 nitrogen and oxygen atoms in total. The zero-order valence-electron chi connectivity index (χ0n) is 8.69. The number of piperazine rings is 1. The predicted octanol–water partition coefficient (Wildman–Crippen LogP) is -0.976. The van der Waals surface area contributed by atoms with Crippen LogP contribution in [0.4, 0.5) is 0 Å². The van der Waals surface area contributed by atoms with Gasteiger partial charge in [0.25, 0.3) is 0 Å². The zero-order chi connectivity index (χ0) is 10.7. The van der Waals surface area contributed by atoms with Gasteiger partial charge < -0.3 is 15.5 Å². The van der Waals surface area contributed by atoms with E-state index in [9.17, 15) is 9.59 Å². The van der Waals surface area contributed by atoms with E-state index in [1.165, 1.54) is 0 Å². The molecule has 2 amide bonds. The van der Waals surface area contributed by atoms with Gasteiger partial charge in [-0.3, -0.25) is 9.59 Å². The average Bonchev–Trinajstić information content (AvgIpc) is 2.16. The molecular weight excluding hydrogens is 182 g/mol. The summed E-state index contributed by atoms with van der Waals surface area (Å²) >= 11 is 0. The fourth-order valence-electron chi connectivity index (χ4n) is 1.73. The number of rotatable bonds is 1. The normalized spacial score (nSPS) is 22.4. The highest BCUT2D eigenvalue weighted by Gasteiger charge is 2.27. The number of nitrogens with zero attached hydrogens (tertiary/aromatic N) is 2. The van der Waals surface area contributed by atoms with Crippen molar-refractivity contribution in [3.05, 3.63) is 0 Å². The molecule has 0 saturated carbocycles. The van der Waals surface area contributed by atoms with E-state index >= 15 is 0 Å². The van der Waals surface area contributed by atoms with Crippen molar-refractivity contribution in [2.45, 2.75) is 19.9 Å². The Labute approximate surface area is 83.8 Å². The molecule has 0 spiro atoms. The van der Waals surface area contributed by atoms with Crippen LogP contribution in [0.3, 0.4) is 0 Å². The molecule has 1 rings (SSSR count). The lowest BCUT2D eigenvalue weighted by molar-refractivity contribution is -0.140. The number of nitrogens with two attached hydrogens (primary N) is 1. The lowest BCUT2D eigenvalue weighted by Gasteiger charge is -2.39. The Kier molecular flexibility index (Phi) is 3.46. The van der Waals surface area contributed by atoms with Crippen molar-refractivity contribution in [1.82, 2.24) is 9.80 Å². The molecule has 0 unspecified atom stereocenters. The molecule has 0 aromatic rings. The van der Waals surface area contributed by atoms with Crippen LogP contribution in [-0.4, -0.2) is 53.8 Å². The molecule has 0 aliphatic carbocycles. The van der Waals surface area contributed by atoms with Crippen molar-refractivity contribution in [3.8, 4) is 0 Å². The Morgan fingerprint density at radius 2 is 2.07 bits per heavy atom. The monoisotopic (exact) mass is 199 g/mol. The Morgan fingerprint density at radius 3 is 2.50 bits per heavy atom. The highest BCUT2D eigenvalue weighted by atomic mass is 16.2. The average molecular weight is 199 g/mol. The van der Waals surface area contributed by atoms with Crippen LogP contribution in [0.15, 0.2) is 0 Å². The molecule has 0 radical (unpaired) electrons. The Hall–Kier alpha value is -1.10. The second-order valence-corrected chi connectivity index (χ2v) is 3.61. The van der Waals surface area contributed by atoms with E-state index in [4.69, 9.17) is 5.73 Å². The summed E-state index contributed by atoms with van der Waals surface area (Å²) in [6, 6.07) is 0.0729. The van der Waals surface area contributed by atoms with E-state index in [1.54, 1.807) is 16.7 Å². The molecule has 0 aromatic carbocycles. The minimum atomic E-state index is -0.0410. The highest BCUT2D eigenvalue weighted by molar-refractivity contribution is 5.79. The Morgan fingerprint density at radius 1 is 1.43 bits per heavy atom. The van der Waals surface area contributed by atoms with Crippen LogP contribution in [-0.2, 0) is 9.59 Å². The second kappa shape index (κ2) is 4.41. The lowest BCUT2D eigenvalue weighted by atomic mass is 10.2. The fourth-order valence-corrected chi connectivity index (χ4v) is 1.73. The maximum atomic E-state index is 11.4. The molecule has 2 N–H and O–H groups in total. The number of amides is 2. The van der Waals surface area contributed by atoms with Crippen molar-refractivity contribution < 1.29 is 9.59 Å². The van der Waals surface area contributed by atoms with Crippen LogP contribution in [0.5, 0.6) is 0 Å². The molecule has 5 heteroatoms. The first-order valence-corrected chi connectivity index (χ1v) is 4.81. The van der Waals surface area contributed by atoms with E-state index in [1.807, 2.05) is 6.92 Å². The maximum Gasteiger partial charge on any atom is 0.236 e.